The molecule has 17 heavy (non-hydrogen) atoms. The Labute approximate surface area is 95.3 Å². The average Bonchev–Trinajstić information content (AvgIpc) is 2.91. The smallest absolute Gasteiger partial charge is 0.231 e. The molecule has 6 heteroatoms. The number of H-pyrrole nitrogens is 1. The lowest BCUT2D eigenvalue weighted by atomic mass is 10.1. The topological polar surface area (TPSA) is 86.1 Å². The Balaban J connectivity index is 2.13. The van der Waals surface area contributed by atoms with Crippen LogP contribution < -0.4 is 15.2 Å². The summed E-state index contributed by atoms with van der Waals surface area (Å²) in [6.07, 6.45) is 0. The standard InChI is InChI=1S/C11H8N4O2/c12-10-6-1-5-2-8-9(17-4-16-8)3-7(5)13-11(6)15-14-10/h1-3H,4H2,(H3,12,13,14,15). The fraction of sp³-hybridized carbons (Fsp3) is 0.0909. The van der Waals surface area contributed by atoms with E-state index in [1.807, 2.05) is 18.2 Å². The van der Waals surface area contributed by atoms with E-state index in [1.54, 1.807) is 0 Å². The van der Waals surface area contributed by atoms with E-state index in [4.69, 9.17) is 15.2 Å². The number of anilines is 1. The minimum atomic E-state index is 0.256. The van der Waals surface area contributed by atoms with Crippen LogP contribution in [0.3, 0.4) is 0 Å². The normalized spacial score (nSPS) is 13.6. The van der Waals surface area contributed by atoms with E-state index in [2.05, 4.69) is 15.2 Å². The van der Waals surface area contributed by atoms with Gasteiger partial charge in [-0.2, -0.15) is 5.10 Å². The molecule has 0 saturated carbocycles. The zero-order valence-corrected chi connectivity index (χ0v) is 8.73. The summed E-state index contributed by atoms with van der Waals surface area (Å²) in [6, 6.07) is 5.69. The number of nitrogens with one attached hydrogen (secondary N) is 1. The minimum absolute atomic E-state index is 0.256. The molecule has 1 aliphatic rings. The molecule has 3 N–H and O–H groups in total. The molecule has 3 heterocycles. The summed E-state index contributed by atoms with van der Waals surface area (Å²) >= 11 is 0. The van der Waals surface area contributed by atoms with Gasteiger partial charge in [-0.15, -0.1) is 0 Å². The summed E-state index contributed by atoms with van der Waals surface area (Å²) in [5, 5.41) is 8.51. The van der Waals surface area contributed by atoms with Crippen molar-refractivity contribution in [1.29, 1.82) is 0 Å². The van der Waals surface area contributed by atoms with Crippen LogP contribution in [0, 0.1) is 0 Å². The number of nitrogen functional groups attached to an aromatic ring is 1. The monoisotopic (exact) mass is 228 g/mol. The third kappa shape index (κ3) is 1.09. The quantitative estimate of drug-likeness (QED) is 0.607. The molecule has 3 aromatic rings. The number of pyridine rings is 1. The van der Waals surface area contributed by atoms with Gasteiger partial charge in [0.1, 0.15) is 5.82 Å². The molecule has 0 radical (unpaired) electrons. The molecule has 1 aliphatic heterocycles. The predicted octanol–water partition coefficient (Wildman–Crippen LogP) is 1.42. The van der Waals surface area contributed by atoms with Gasteiger partial charge in [0.15, 0.2) is 17.1 Å². The van der Waals surface area contributed by atoms with Crippen LogP contribution in [0.25, 0.3) is 21.9 Å². The summed E-state index contributed by atoms with van der Waals surface area (Å²) in [4.78, 5) is 4.42. The summed E-state index contributed by atoms with van der Waals surface area (Å²) in [7, 11) is 0. The van der Waals surface area contributed by atoms with Crippen molar-refractivity contribution in [1.82, 2.24) is 15.2 Å². The molecule has 0 spiro atoms. The number of hydrogen-bond donors (Lipinski definition) is 2. The van der Waals surface area contributed by atoms with Crippen LogP contribution in [0.15, 0.2) is 18.2 Å². The van der Waals surface area contributed by atoms with Crippen LogP contribution in [0.2, 0.25) is 0 Å². The zero-order valence-electron chi connectivity index (χ0n) is 8.73. The fourth-order valence-electron chi connectivity index (χ4n) is 2.01. The van der Waals surface area contributed by atoms with Crippen LogP contribution in [-0.4, -0.2) is 22.0 Å². The molecule has 0 saturated heterocycles. The third-order valence-electron chi connectivity index (χ3n) is 2.86. The molecule has 84 valence electrons. The molecule has 0 aliphatic carbocycles. The van der Waals surface area contributed by atoms with Gasteiger partial charge in [0, 0.05) is 11.5 Å². The van der Waals surface area contributed by atoms with Gasteiger partial charge in [0.2, 0.25) is 6.79 Å². The zero-order chi connectivity index (χ0) is 11.4. The van der Waals surface area contributed by atoms with Gasteiger partial charge in [-0.25, -0.2) is 4.98 Å². The molecule has 2 aromatic heterocycles. The van der Waals surface area contributed by atoms with Crippen molar-refractivity contribution in [3.05, 3.63) is 18.2 Å². The van der Waals surface area contributed by atoms with Crippen molar-refractivity contribution in [2.75, 3.05) is 12.5 Å². The molecule has 0 amide bonds. The van der Waals surface area contributed by atoms with Gasteiger partial charge in [-0.05, 0) is 12.1 Å². The number of hydrogen-bond acceptors (Lipinski definition) is 5. The van der Waals surface area contributed by atoms with E-state index in [0.717, 1.165) is 22.0 Å². The van der Waals surface area contributed by atoms with Gasteiger partial charge >= 0.3 is 0 Å². The fourth-order valence-corrected chi connectivity index (χ4v) is 2.01. The van der Waals surface area contributed by atoms with E-state index in [9.17, 15) is 0 Å². The van der Waals surface area contributed by atoms with Gasteiger partial charge < -0.3 is 15.2 Å². The first kappa shape index (κ1) is 8.63. The third-order valence-corrected chi connectivity index (χ3v) is 2.86. The number of rotatable bonds is 0. The molecule has 6 nitrogen and oxygen atoms in total. The Hall–Kier alpha value is -2.50. The van der Waals surface area contributed by atoms with Crippen LogP contribution in [0.1, 0.15) is 0 Å². The largest absolute Gasteiger partial charge is 0.454 e. The highest BCUT2D eigenvalue weighted by Crippen LogP contribution is 2.36. The van der Waals surface area contributed by atoms with Crippen molar-refractivity contribution < 1.29 is 9.47 Å². The van der Waals surface area contributed by atoms with E-state index in [1.165, 1.54) is 0 Å². The summed E-state index contributed by atoms with van der Waals surface area (Å²) in [5.41, 5.74) is 7.18. The van der Waals surface area contributed by atoms with Gasteiger partial charge in [0.05, 0.1) is 10.9 Å². The lowest BCUT2D eigenvalue weighted by Crippen LogP contribution is -1.92. The van der Waals surface area contributed by atoms with Crippen LogP contribution >= 0.6 is 0 Å². The predicted molar refractivity (Wildman–Crippen MR) is 61.9 cm³/mol. The number of benzene rings is 1. The van der Waals surface area contributed by atoms with Crippen LogP contribution in [-0.2, 0) is 0 Å². The summed E-state index contributed by atoms with van der Waals surface area (Å²) < 4.78 is 10.6. The number of aromatic amines is 1. The average molecular weight is 228 g/mol. The Morgan fingerprint density at radius 3 is 2.88 bits per heavy atom. The number of nitrogens with zero attached hydrogens (tertiary/aromatic N) is 2. The van der Waals surface area contributed by atoms with Crippen LogP contribution in [0.5, 0.6) is 11.5 Å². The van der Waals surface area contributed by atoms with E-state index >= 15 is 0 Å². The van der Waals surface area contributed by atoms with Gasteiger partial charge in [-0.1, -0.05) is 0 Å². The highest BCUT2D eigenvalue weighted by Gasteiger charge is 2.15. The Bertz CT molecular complexity index is 750. The molecule has 1 aromatic carbocycles. The second-order valence-corrected chi connectivity index (χ2v) is 3.89. The maximum Gasteiger partial charge on any atom is 0.231 e. The van der Waals surface area contributed by atoms with Crippen molar-refractivity contribution in [3.63, 3.8) is 0 Å². The second-order valence-electron chi connectivity index (χ2n) is 3.89. The Kier molecular flexibility index (Phi) is 1.42. The first-order valence-corrected chi connectivity index (χ1v) is 5.15. The maximum atomic E-state index is 5.77. The number of ether oxygens (including phenoxy) is 2. The molecule has 0 fully saturated rings. The number of fused-ring (bicyclic) bond motifs is 3. The minimum Gasteiger partial charge on any atom is -0.454 e. The Morgan fingerprint density at radius 1 is 1.18 bits per heavy atom. The number of aromatic nitrogens is 3. The second kappa shape index (κ2) is 2.79. The molecular weight excluding hydrogens is 220 g/mol. The van der Waals surface area contributed by atoms with Crippen molar-refractivity contribution in [3.8, 4) is 11.5 Å². The van der Waals surface area contributed by atoms with E-state index < -0.39 is 0 Å². The molecule has 0 bridgehead atoms. The highest BCUT2D eigenvalue weighted by atomic mass is 16.7. The Morgan fingerprint density at radius 2 is 2.00 bits per heavy atom. The van der Waals surface area contributed by atoms with Gasteiger partial charge in [-0.3, -0.25) is 5.10 Å². The van der Waals surface area contributed by atoms with E-state index in [0.29, 0.717) is 17.2 Å². The first-order valence-electron chi connectivity index (χ1n) is 5.15. The van der Waals surface area contributed by atoms with Crippen molar-refractivity contribution in [2.24, 2.45) is 0 Å². The lowest BCUT2D eigenvalue weighted by molar-refractivity contribution is 0.174. The highest BCUT2D eigenvalue weighted by molar-refractivity contribution is 5.97. The number of nitrogens with two attached hydrogens (primary N) is 1. The maximum absolute atomic E-state index is 5.77. The summed E-state index contributed by atoms with van der Waals surface area (Å²) in [6.45, 7) is 0.256. The van der Waals surface area contributed by atoms with Crippen LogP contribution in [0.4, 0.5) is 5.82 Å². The SMILES string of the molecule is Nc1[nH]nc2nc3cc4c(cc3cc12)OCO4. The molecular formula is C11H8N4O2. The van der Waals surface area contributed by atoms with E-state index in [-0.39, 0.29) is 6.79 Å². The molecule has 0 atom stereocenters. The summed E-state index contributed by atoms with van der Waals surface area (Å²) in [5.74, 6) is 1.97. The molecule has 4 rings (SSSR count). The van der Waals surface area contributed by atoms with Crippen molar-refractivity contribution in [2.45, 2.75) is 0 Å². The first-order chi connectivity index (χ1) is 8.31. The lowest BCUT2D eigenvalue weighted by Gasteiger charge is -2.00. The van der Waals surface area contributed by atoms with Gasteiger partial charge in [0.25, 0.3) is 0 Å². The molecule has 0 unspecified atom stereocenters. The van der Waals surface area contributed by atoms with Crippen molar-refractivity contribution >= 4 is 27.8 Å².